The monoisotopic (exact) mass is 470 g/mol. The van der Waals surface area contributed by atoms with Gasteiger partial charge in [-0.15, -0.1) is 0 Å². The highest BCUT2D eigenvalue weighted by molar-refractivity contribution is 7.92. The number of nitrogen functional groups attached to an aromatic ring is 1. The van der Waals surface area contributed by atoms with Gasteiger partial charge in [-0.3, -0.25) is 4.72 Å². The maximum absolute atomic E-state index is 11.4. The van der Waals surface area contributed by atoms with Crippen LogP contribution in [0.25, 0.3) is 45.3 Å². The van der Waals surface area contributed by atoms with Gasteiger partial charge in [-0.1, -0.05) is 42.5 Å². The van der Waals surface area contributed by atoms with E-state index in [0.29, 0.717) is 5.69 Å². The fourth-order valence-corrected chi connectivity index (χ4v) is 4.20. The Labute approximate surface area is 197 Å². The summed E-state index contributed by atoms with van der Waals surface area (Å²) in [6.07, 6.45) is 4.69. The van der Waals surface area contributed by atoms with E-state index in [4.69, 9.17) is 5.73 Å². The number of sulfonamides is 1. The number of nitrogens with two attached hydrogens (primary N) is 1. The van der Waals surface area contributed by atoms with E-state index >= 15 is 0 Å². The average Bonchev–Trinajstić information content (AvgIpc) is 3.50. The van der Waals surface area contributed by atoms with Crippen LogP contribution in [-0.2, 0) is 10.0 Å². The standard InChI is InChI=1S/C25H22N6O2S/c1-34(32,33)31-21-11-7-17(8-12-21)23-15-28-25(30-23)19-4-2-3-18(13-19)24-27-14-22(29-24)16-5-9-20(26)10-6-16/h2-15,31H,26H2,1H3,(H,27,29)(H,28,30). The van der Waals surface area contributed by atoms with E-state index < -0.39 is 10.0 Å². The summed E-state index contributed by atoms with van der Waals surface area (Å²) in [5, 5.41) is 0. The SMILES string of the molecule is CS(=O)(=O)Nc1ccc(-c2cnc(-c3cccc(-c4ncc(-c5ccc(N)cc5)[nH]4)c3)[nH]2)cc1. The van der Waals surface area contributed by atoms with Gasteiger partial charge in [-0.05, 0) is 41.5 Å². The second-order valence-electron chi connectivity index (χ2n) is 7.95. The number of benzene rings is 3. The molecule has 34 heavy (non-hydrogen) atoms. The molecule has 0 atom stereocenters. The van der Waals surface area contributed by atoms with Crippen LogP contribution in [0.2, 0.25) is 0 Å². The molecule has 0 amide bonds. The lowest BCUT2D eigenvalue weighted by Crippen LogP contribution is -2.09. The van der Waals surface area contributed by atoms with Gasteiger partial charge in [0.05, 0.1) is 30.0 Å². The number of hydrogen-bond acceptors (Lipinski definition) is 5. The highest BCUT2D eigenvalue weighted by Crippen LogP contribution is 2.28. The summed E-state index contributed by atoms with van der Waals surface area (Å²) in [7, 11) is -3.31. The Morgan fingerprint density at radius 3 is 1.74 bits per heavy atom. The van der Waals surface area contributed by atoms with Crippen LogP contribution in [0.4, 0.5) is 11.4 Å². The predicted octanol–water partition coefficient (Wildman–Crippen LogP) is 4.75. The van der Waals surface area contributed by atoms with Gasteiger partial charge < -0.3 is 15.7 Å². The first-order chi connectivity index (χ1) is 16.3. The van der Waals surface area contributed by atoms with Crippen molar-refractivity contribution in [2.24, 2.45) is 0 Å². The molecule has 3 aromatic carbocycles. The van der Waals surface area contributed by atoms with Gasteiger partial charge in [-0.2, -0.15) is 0 Å². The van der Waals surface area contributed by atoms with Crippen molar-refractivity contribution in [2.45, 2.75) is 0 Å². The number of aromatic nitrogens is 4. The number of rotatable bonds is 6. The zero-order chi connectivity index (χ0) is 23.7. The molecule has 0 saturated heterocycles. The third kappa shape index (κ3) is 4.69. The second-order valence-corrected chi connectivity index (χ2v) is 9.69. The number of anilines is 2. The van der Waals surface area contributed by atoms with E-state index in [1.54, 1.807) is 24.5 Å². The summed E-state index contributed by atoms with van der Waals surface area (Å²) in [5.74, 6) is 1.48. The largest absolute Gasteiger partial charge is 0.399 e. The van der Waals surface area contributed by atoms with Gasteiger partial charge >= 0.3 is 0 Å². The Kier molecular flexibility index (Phi) is 5.39. The lowest BCUT2D eigenvalue weighted by molar-refractivity contribution is 0.607. The molecule has 0 spiro atoms. The van der Waals surface area contributed by atoms with Crippen LogP contribution in [0, 0.1) is 0 Å². The maximum atomic E-state index is 11.4. The normalized spacial score (nSPS) is 11.4. The predicted molar refractivity (Wildman–Crippen MR) is 135 cm³/mol. The minimum absolute atomic E-state index is 0.510. The zero-order valence-electron chi connectivity index (χ0n) is 18.3. The first-order valence-corrected chi connectivity index (χ1v) is 12.4. The van der Waals surface area contributed by atoms with Crippen molar-refractivity contribution in [3.05, 3.63) is 85.2 Å². The van der Waals surface area contributed by atoms with Crippen LogP contribution < -0.4 is 10.5 Å². The van der Waals surface area contributed by atoms with E-state index in [0.717, 1.165) is 57.2 Å². The number of imidazole rings is 2. The van der Waals surface area contributed by atoms with Crippen molar-refractivity contribution in [1.82, 2.24) is 19.9 Å². The average molecular weight is 471 g/mol. The maximum Gasteiger partial charge on any atom is 0.229 e. The molecule has 2 aromatic heterocycles. The summed E-state index contributed by atoms with van der Waals surface area (Å²) in [4.78, 5) is 15.8. The molecule has 0 saturated carbocycles. The lowest BCUT2D eigenvalue weighted by atomic mass is 10.1. The molecular weight excluding hydrogens is 448 g/mol. The summed E-state index contributed by atoms with van der Waals surface area (Å²) in [5.41, 5.74) is 12.5. The molecule has 0 aliphatic rings. The van der Waals surface area contributed by atoms with Crippen molar-refractivity contribution in [3.63, 3.8) is 0 Å². The molecule has 2 heterocycles. The Balaban J connectivity index is 1.38. The van der Waals surface area contributed by atoms with Crippen LogP contribution in [0.3, 0.4) is 0 Å². The Bertz CT molecular complexity index is 1550. The van der Waals surface area contributed by atoms with Gasteiger partial charge in [0.25, 0.3) is 0 Å². The number of aromatic amines is 2. The fraction of sp³-hybridized carbons (Fsp3) is 0.0400. The topological polar surface area (TPSA) is 130 Å². The summed E-state index contributed by atoms with van der Waals surface area (Å²) < 4.78 is 25.2. The molecule has 5 rings (SSSR count). The Hall–Kier alpha value is -4.37. The molecular formula is C25H22N6O2S. The Morgan fingerprint density at radius 2 is 1.24 bits per heavy atom. The second kappa shape index (κ2) is 8.53. The molecule has 5 N–H and O–H groups in total. The molecule has 0 bridgehead atoms. The third-order valence-electron chi connectivity index (χ3n) is 5.28. The van der Waals surface area contributed by atoms with Crippen LogP contribution >= 0.6 is 0 Å². The minimum atomic E-state index is -3.31. The molecule has 0 aliphatic heterocycles. The summed E-state index contributed by atoms with van der Waals surface area (Å²) in [6.45, 7) is 0. The number of H-pyrrole nitrogens is 2. The number of nitrogens with one attached hydrogen (secondary N) is 3. The van der Waals surface area contributed by atoms with Crippen LogP contribution in [0.1, 0.15) is 0 Å². The highest BCUT2D eigenvalue weighted by Gasteiger charge is 2.10. The van der Waals surface area contributed by atoms with E-state index in [1.807, 2.05) is 60.7 Å². The van der Waals surface area contributed by atoms with Crippen molar-refractivity contribution in [1.29, 1.82) is 0 Å². The summed E-state index contributed by atoms with van der Waals surface area (Å²) >= 11 is 0. The first-order valence-electron chi connectivity index (χ1n) is 10.5. The molecule has 8 nitrogen and oxygen atoms in total. The smallest absolute Gasteiger partial charge is 0.229 e. The molecule has 5 aromatic rings. The molecule has 0 fully saturated rings. The molecule has 170 valence electrons. The van der Waals surface area contributed by atoms with Crippen molar-refractivity contribution in [2.75, 3.05) is 16.7 Å². The third-order valence-corrected chi connectivity index (χ3v) is 5.89. The van der Waals surface area contributed by atoms with Crippen molar-refractivity contribution in [3.8, 4) is 45.3 Å². The van der Waals surface area contributed by atoms with Crippen LogP contribution in [0.15, 0.2) is 85.2 Å². The number of hydrogen-bond donors (Lipinski definition) is 4. The molecule has 0 radical (unpaired) electrons. The lowest BCUT2D eigenvalue weighted by Gasteiger charge is -2.04. The van der Waals surface area contributed by atoms with E-state index in [1.165, 1.54) is 0 Å². The molecule has 0 aliphatic carbocycles. The van der Waals surface area contributed by atoms with Crippen LogP contribution in [-0.4, -0.2) is 34.6 Å². The van der Waals surface area contributed by atoms with E-state index in [-0.39, 0.29) is 0 Å². The van der Waals surface area contributed by atoms with Crippen LogP contribution in [0.5, 0.6) is 0 Å². The summed E-state index contributed by atoms with van der Waals surface area (Å²) in [6, 6.07) is 22.7. The quantitative estimate of drug-likeness (QED) is 0.266. The van der Waals surface area contributed by atoms with Gasteiger partial charge in [0.1, 0.15) is 11.6 Å². The number of nitrogens with zero attached hydrogens (tertiary/aromatic N) is 2. The van der Waals surface area contributed by atoms with E-state index in [2.05, 4.69) is 24.7 Å². The van der Waals surface area contributed by atoms with Crippen molar-refractivity contribution < 1.29 is 8.42 Å². The first kappa shape index (κ1) is 21.5. The van der Waals surface area contributed by atoms with Gasteiger partial charge in [0, 0.05) is 22.5 Å². The zero-order valence-corrected chi connectivity index (χ0v) is 19.1. The molecule has 0 unspecified atom stereocenters. The molecule has 9 heteroatoms. The highest BCUT2D eigenvalue weighted by atomic mass is 32.2. The Morgan fingerprint density at radius 1 is 0.735 bits per heavy atom. The van der Waals surface area contributed by atoms with Gasteiger partial charge in [-0.25, -0.2) is 18.4 Å². The van der Waals surface area contributed by atoms with E-state index in [9.17, 15) is 8.42 Å². The minimum Gasteiger partial charge on any atom is -0.399 e. The fourth-order valence-electron chi connectivity index (χ4n) is 3.64. The van der Waals surface area contributed by atoms with Crippen molar-refractivity contribution >= 4 is 21.4 Å². The van der Waals surface area contributed by atoms with Gasteiger partial charge in [0.2, 0.25) is 10.0 Å². The van der Waals surface area contributed by atoms with Gasteiger partial charge in [0.15, 0.2) is 0 Å².